The van der Waals surface area contributed by atoms with Gasteiger partial charge in [0, 0.05) is 23.5 Å². The zero-order chi connectivity index (χ0) is 13.8. The summed E-state index contributed by atoms with van der Waals surface area (Å²) >= 11 is 0. The lowest BCUT2D eigenvalue weighted by Crippen LogP contribution is -2.22. The van der Waals surface area contributed by atoms with Crippen molar-refractivity contribution in [1.29, 1.82) is 0 Å². The van der Waals surface area contributed by atoms with Crippen LogP contribution in [0.4, 0.5) is 11.4 Å². The summed E-state index contributed by atoms with van der Waals surface area (Å²) in [6.45, 7) is 5.10. The van der Waals surface area contributed by atoms with E-state index in [4.69, 9.17) is 10.2 Å². The van der Waals surface area contributed by atoms with Crippen LogP contribution >= 0.6 is 0 Å². The maximum atomic E-state index is 11.4. The number of Topliss-reactive ketones (excluding diaryl/α,β-unsaturated/α-hetero) is 1. The molecule has 0 saturated heterocycles. The number of nitrogens with zero attached hydrogens (tertiary/aromatic N) is 1. The van der Waals surface area contributed by atoms with Crippen molar-refractivity contribution in [3.05, 3.63) is 47.9 Å². The zero-order valence-electron chi connectivity index (χ0n) is 11.2. The maximum absolute atomic E-state index is 11.4. The molecule has 0 radical (unpaired) electrons. The first-order valence-corrected chi connectivity index (χ1v) is 6.29. The predicted octanol–water partition coefficient (Wildman–Crippen LogP) is 3.09. The predicted molar refractivity (Wildman–Crippen MR) is 76.3 cm³/mol. The maximum Gasteiger partial charge on any atom is 0.161 e. The van der Waals surface area contributed by atoms with Crippen LogP contribution in [0.2, 0.25) is 0 Å². The van der Waals surface area contributed by atoms with Crippen molar-refractivity contribution in [1.82, 2.24) is 0 Å². The van der Waals surface area contributed by atoms with Crippen LogP contribution in [0.5, 0.6) is 0 Å². The van der Waals surface area contributed by atoms with Crippen LogP contribution in [0, 0.1) is 0 Å². The largest absolute Gasteiger partial charge is 0.467 e. The number of benzene rings is 1. The third kappa shape index (κ3) is 2.96. The van der Waals surface area contributed by atoms with Gasteiger partial charge in [0.15, 0.2) is 5.78 Å². The van der Waals surface area contributed by atoms with Gasteiger partial charge < -0.3 is 15.1 Å². The molecule has 4 heteroatoms. The molecule has 0 fully saturated rings. The number of carbonyl (C=O) groups is 1. The second kappa shape index (κ2) is 5.61. The topological polar surface area (TPSA) is 59.5 Å². The molecular weight excluding hydrogens is 240 g/mol. The number of hydrogen-bond donors (Lipinski definition) is 1. The average molecular weight is 258 g/mol. The summed E-state index contributed by atoms with van der Waals surface area (Å²) in [5.74, 6) is 0.884. The van der Waals surface area contributed by atoms with Gasteiger partial charge in [-0.05, 0) is 44.2 Å². The van der Waals surface area contributed by atoms with E-state index in [0.29, 0.717) is 17.8 Å². The molecule has 1 aromatic heterocycles. The normalized spacial score (nSPS) is 10.4. The molecule has 4 nitrogen and oxygen atoms in total. The highest BCUT2D eigenvalue weighted by atomic mass is 16.3. The highest BCUT2D eigenvalue weighted by Gasteiger charge is 2.10. The minimum Gasteiger partial charge on any atom is -0.467 e. The van der Waals surface area contributed by atoms with E-state index in [9.17, 15) is 4.79 Å². The van der Waals surface area contributed by atoms with E-state index in [1.54, 1.807) is 12.3 Å². The Morgan fingerprint density at radius 3 is 2.68 bits per heavy atom. The van der Waals surface area contributed by atoms with Crippen LogP contribution in [-0.2, 0) is 6.54 Å². The number of nitrogen functional groups attached to an aromatic ring is 1. The number of ketones is 1. The Kier molecular flexibility index (Phi) is 3.90. The Morgan fingerprint density at radius 2 is 2.16 bits per heavy atom. The van der Waals surface area contributed by atoms with Crippen LogP contribution in [0.15, 0.2) is 41.0 Å². The smallest absolute Gasteiger partial charge is 0.161 e. The number of nitrogens with two attached hydrogens (primary N) is 1. The van der Waals surface area contributed by atoms with Crippen LogP contribution < -0.4 is 10.6 Å². The Balaban J connectivity index is 2.23. The monoisotopic (exact) mass is 258 g/mol. The van der Waals surface area contributed by atoms with Gasteiger partial charge >= 0.3 is 0 Å². The average Bonchev–Trinajstić information content (AvgIpc) is 2.88. The third-order valence-electron chi connectivity index (χ3n) is 3.09. The van der Waals surface area contributed by atoms with Crippen molar-refractivity contribution < 1.29 is 9.21 Å². The molecule has 2 N–H and O–H groups in total. The van der Waals surface area contributed by atoms with Crippen molar-refractivity contribution in [3.8, 4) is 0 Å². The van der Waals surface area contributed by atoms with Crippen LogP contribution in [0.25, 0.3) is 0 Å². The molecule has 0 aliphatic carbocycles. The van der Waals surface area contributed by atoms with Crippen LogP contribution in [0.3, 0.4) is 0 Å². The van der Waals surface area contributed by atoms with E-state index in [-0.39, 0.29) is 5.78 Å². The standard InChI is InChI=1S/C15H18N2O2/c1-3-17(10-13-5-4-8-19-13)12-6-7-14(11(2)18)15(16)9-12/h4-9H,3,10,16H2,1-2H3. The van der Waals surface area contributed by atoms with Crippen molar-refractivity contribution in [2.45, 2.75) is 20.4 Å². The number of hydrogen-bond acceptors (Lipinski definition) is 4. The minimum atomic E-state index is -0.0156. The Morgan fingerprint density at radius 1 is 1.37 bits per heavy atom. The van der Waals surface area contributed by atoms with Gasteiger partial charge in [0.05, 0.1) is 12.8 Å². The summed E-state index contributed by atoms with van der Waals surface area (Å²) in [7, 11) is 0. The lowest BCUT2D eigenvalue weighted by molar-refractivity contribution is 0.101. The molecule has 100 valence electrons. The Bertz CT molecular complexity index is 562. The van der Waals surface area contributed by atoms with E-state index in [2.05, 4.69) is 11.8 Å². The molecule has 1 aromatic carbocycles. The number of furan rings is 1. The van der Waals surface area contributed by atoms with Gasteiger partial charge in [0.25, 0.3) is 0 Å². The second-order valence-corrected chi connectivity index (χ2v) is 4.42. The van der Waals surface area contributed by atoms with Crippen molar-refractivity contribution in [2.24, 2.45) is 0 Å². The van der Waals surface area contributed by atoms with Gasteiger partial charge in [-0.15, -0.1) is 0 Å². The van der Waals surface area contributed by atoms with Gasteiger partial charge in [-0.2, -0.15) is 0 Å². The molecule has 0 saturated carbocycles. The van der Waals surface area contributed by atoms with Gasteiger partial charge in [0.2, 0.25) is 0 Å². The first-order valence-electron chi connectivity index (χ1n) is 6.29. The molecule has 19 heavy (non-hydrogen) atoms. The minimum absolute atomic E-state index is 0.0156. The molecule has 0 unspecified atom stereocenters. The molecule has 0 spiro atoms. The molecule has 2 aromatic rings. The number of rotatable bonds is 5. The fourth-order valence-corrected chi connectivity index (χ4v) is 2.04. The fourth-order valence-electron chi connectivity index (χ4n) is 2.04. The van der Waals surface area contributed by atoms with Crippen molar-refractivity contribution >= 4 is 17.2 Å². The van der Waals surface area contributed by atoms with Crippen LogP contribution in [-0.4, -0.2) is 12.3 Å². The van der Waals surface area contributed by atoms with E-state index in [1.165, 1.54) is 6.92 Å². The summed E-state index contributed by atoms with van der Waals surface area (Å²) in [6.07, 6.45) is 1.66. The fraction of sp³-hybridized carbons (Fsp3) is 0.267. The first kappa shape index (κ1) is 13.2. The Labute approximate surface area is 112 Å². The molecular formula is C15H18N2O2. The molecule has 0 amide bonds. The quantitative estimate of drug-likeness (QED) is 0.661. The van der Waals surface area contributed by atoms with Crippen molar-refractivity contribution in [2.75, 3.05) is 17.2 Å². The van der Waals surface area contributed by atoms with E-state index in [0.717, 1.165) is 18.0 Å². The summed E-state index contributed by atoms with van der Waals surface area (Å²) in [4.78, 5) is 13.5. The van der Waals surface area contributed by atoms with Gasteiger partial charge in [0.1, 0.15) is 5.76 Å². The highest BCUT2D eigenvalue weighted by molar-refractivity contribution is 5.99. The van der Waals surface area contributed by atoms with Gasteiger partial charge in [-0.25, -0.2) is 0 Å². The van der Waals surface area contributed by atoms with E-state index >= 15 is 0 Å². The van der Waals surface area contributed by atoms with Crippen molar-refractivity contribution in [3.63, 3.8) is 0 Å². The molecule has 0 bridgehead atoms. The van der Waals surface area contributed by atoms with Gasteiger partial charge in [-0.1, -0.05) is 0 Å². The molecule has 0 aliphatic rings. The lowest BCUT2D eigenvalue weighted by Gasteiger charge is -2.22. The first-order chi connectivity index (χ1) is 9.11. The molecule has 2 rings (SSSR count). The zero-order valence-corrected chi connectivity index (χ0v) is 11.2. The van der Waals surface area contributed by atoms with E-state index in [1.807, 2.05) is 24.3 Å². The van der Waals surface area contributed by atoms with E-state index < -0.39 is 0 Å². The molecule has 1 heterocycles. The SMILES string of the molecule is CCN(Cc1ccco1)c1ccc(C(C)=O)c(N)c1. The highest BCUT2D eigenvalue weighted by Crippen LogP contribution is 2.23. The summed E-state index contributed by atoms with van der Waals surface area (Å²) < 4.78 is 5.35. The number of anilines is 2. The molecule has 0 aliphatic heterocycles. The molecule has 0 atom stereocenters. The summed E-state index contributed by atoms with van der Waals surface area (Å²) in [6, 6.07) is 9.34. The Hall–Kier alpha value is -2.23. The summed E-state index contributed by atoms with van der Waals surface area (Å²) in [5, 5.41) is 0. The van der Waals surface area contributed by atoms with Gasteiger partial charge in [-0.3, -0.25) is 4.79 Å². The second-order valence-electron chi connectivity index (χ2n) is 4.42. The lowest BCUT2D eigenvalue weighted by atomic mass is 10.1. The summed E-state index contributed by atoms with van der Waals surface area (Å²) in [5.41, 5.74) is 7.99. The van der Waals surface area contributed by atoms with Crippen LogP contribution in [0.1, 0.15) is 30.0 Å². The number of carbonyl (C=O) groups excluding carboxylic acids is 1. The third-order valence-corrected chi connectivity index (χ3v) is 3.09.